The third-order valence-electron chi connectivity index (χ3n) is 1.47. The van der Waals surface area contributed by atoms with E-state index in [-0.39, 0.29) is 5.13 Å². The van der Waals surface area contributed by atoms with Crippen molar-refractivity contribution in [1.29, 1.82) is 0 Å². The molecule has 5 heteroatoms. The van der Waals surface area contributed by atoms with Gasteiger partial charge < -0.3 is 10.1 Å². The molecule has 0 fully saturated rings. The first-order chi connectivity index (χ1) is 5.74. The molecule has 0 radical (unpaired) electrons. The van der Waals surface area contributed by atoms with Gasteiger partial charge in [0, 0.05) is 0 Å². The molecule has 0 unspecified atom stereocenters. The zero-order valence-electron chi connectivity index (χ0n) is 6.82. The van der Waals surface area contributed by atoms with Gasteiger partial charge in [-0.05, 0) is 34.1 Å². The van der Waals surface area contributed by atoms with Gasteiger partial charge in [0.25, 0.3) is 0 Å². The molecule has 0 amide bonds. The van der Waals surface area contributed by atoms with E-state index in [0.717, 1.165) is 24.1 Å². The molecule has 0 aliphatic rings. The van der Waals surface area contributed by atoms with E-state index in [0.29, 0.717) is 0 Å². The summed E-state index contributed by atoms with van der Waals surface area (Å²) in [6, 6.07) is 0. The van der Waals surface area contributed by atoms with Crippen molar-refractivity contribution in [2.75, 3.05) is 0 Å². The van der Waals surface area contributed by atoms with E-state index in [1.807, 2.05) is 0 Å². The first-order valence-corrected chi connectivity index (χ1v) is 4.64. The van der Waals surface area contributed by atoms with Gasteiger partial charge in [0.05, 0.1) is 4.88 Å². The summed E-state index contributed by atoms with van der Waals surface area (Å²) in [6.07, 6.45) is 4.67. The van der Waals surface area contributed by atoms with Crippen LogP contribution in [0, 0.1) is 10.1 Å². The molecule has 0 spiro atoms. The molecule has 4 nitrogen and oxygen atoms in total. The number of nitrogens with zero attached hydrogens (tertiary/aromatic N) is 2. The molecule has 0 bridgehead atoms. The molecule has 1 aromatic heterocycles. The summed E-state index contributed by atoms with van der Waals surface area (Å²) in [5, 5.41) is 10.2. The van der Waals surface area contributed by atoms with Gasteiger partial charge in [-0.3, -0.25) is 0 Å². The number of nitro groups is 1. The summed E-state index contributed by atoms with van der Waals surface area (Å²) in [6.45, 7) is 2.09. The number of rotatable bonds is 4. The van der Waals surface area contributed by atoms with Crippen molar-refractivity contribution in [1.82, 2.24) is 4.98 Å². The standard InChI is InChI=1S/C7H10N2O2S/c1-2-3-4-6-5-8-7(12-6)9(10)11/h5H,2-4H2,1H3. The largest absolute Gasteiger partial charge is 0.423 e. The smallest absolute Gasteiger partial charge is 0.357 e. The van der Waals surface area contributed by atoms with E-state index in [9.17, 15) is 10.1 Å². The second kappa shape index (κ2) is 4.15. The first kappa shape index (κ1) is 9.12. The van der Waals surface area contributed by atoms with Gasteiger partial charge in [0.1, 0.15) is 0 Å². The van der Waals surface area contributed by atoms with Crippen LogP contribution >= 0.6 is 11.3 Å². The lowest BCUT2D eigenvalue weighted by Crippen LogP contribution is -1.83. The lowest BCUT2D eigenvalue weighted by Gasteiger charge is -1.88. The Morgan fingerprint density at radius 3 is 3.00 bits per heavy atom. The molecule has 12 heavy (non-hydrogen) atoms. The van der Waals surface area contributed by atoms with Crippen LogP contribution < -0.4 is 0 Å². The zero-order chi connectivity index (χ0) is 8.97. The van der Waals surface area contributed by atoms with E-state index in [2.05, 4.69) is 11.9 Å². The SMILES string of the molecule is CCCCc1cnc([N+](=O)[O-])s1. The Balaban J connectivity index is 2.58. The molecular weight excluding hydrogens is 176 g/mol. The Hall–Kier alpha value is -0.970. The topological polar surface area (TPSA) is 56.0 Å². The van der Waals surface area contributed by atoms with E-state index < -0.39 is 4.92 Å². The van der Waals surface area contributed by atoms with Crippen LogP contribution in [-0.4, -0.2) is 9.91 Å². The van der Waals surface area contributed by atoms with E-state index in [1.54, 1.807) is 6.20 Å². The Morgan fingerprint density at radius 2 is 2.50 bits per heavy atom. The van der Waals surface area contributed by atoms with Crippen molar-refractivity contribution < 1.29 is 4.92 Å². The van der Waals surface area contributed by atoms with Gasteiger partial charge in [0.2, 0.25) is 0 Å². The summed E-state index contributed by atoms with van der Waals surface area (Å²) >= 11 is 1.17. The number of aryl methyl sites for hydroxylation is 1. The fraction of sp³-hybridized carbons (Fsp3) is 0.571. The quantitative estimate of drug-likeness (QED) is 0.536. The predicted octanol–water partition coefficient (Wildman–Crippen LogP) is 2.39. The molecule has 0 saturated carbocycles. The molecule has 1 heterocycles. The second-order valence-electron chi connectivity index (χ2n) is 2.47. The van der Waals surface area contributed by atoms with Crippen LogP contribution in [0.15, 0.2) is 6.20 Å². The van der Waals surface area contributed by atoms with Gasteiger partial charge in [-0.25, -0.2) is 0 Å². The number of hydrogen-bond donors (Lipinski definition) is 0. The minimum Gasteiger partial charge on any atom is -0.357 e. The van der Waals surface area contributed by atoms with Gasteiger partial charge in [-0.1, -0.05) is 13.3 Å². The van der Waals surface area contributed by atoms with Crippen molar-refractivity contribution in [3.8, 4) is 0 Å². The maximum Gasteiger partial charge on any atom is 0.423 e. The van der Waals surface area contributed by atoms with E-state index >= 15 is 0 Å². The molecule has 1 rings (SSSR count). The molecule has 0 saturated heterocycles. The molecule has 0 N–H and O–H groups in total. The predicted molar refractivity (Wildman–Crippen MR) is 47.4 cm³/mol. The molecular formula is C7H10N2O2S. The van der Waals surface area contributed by atoms with Gasteiger partial charge in [0.15, 0.2) is 6.20 Å². The summed E-state index contributed by atoms with van der Waals surface area (Å²) in [5.41, 5.74) is 0. The lowest BCUT2D eigenvalue weighted by molar-refractivity contribution is -0.384. The highest BCUT2D eigenvalue weighted by Crippen LogP contribution is 2.21. The minimum atomic E-state index is -0.444. The summed E-state index contributed by atoms with van der Waals surface area (Å²) in [5.74, 6) is 0. The van der Waals surface area contributed by atoms with Crippen molar-refractivity contribution in [2.24, 2.45) is 0 Å². The van der Waals surface area contributed by atoms with E-state index in [4.69, 9.17) is 0 Å². The summed E-state index contributed by atoms with van der Waals surface area (Å²) < 4.78 is 0. The fourth-order valence-electron chi connectivity index (χ4n) is 0.848. The molecule has 66 valence electrons. The Bertz CT molecular complexity index is 272. The molecule has 0 aliphatic heterocycles. The third kappa shape index (κ3) is 2.27. The van der Waals surface area contributed by atoms with Crippen LogP contribution in [0.5, 0.6) is 0 Å². The van der Waals surface area contributed by atoms with Gasteiger partial charge in [-0.2, -0.15) is 0 Å². The molecule has 1 aromatic rings. The maximum absolute atomic E-state index is 10.2. The van der Waals surface area contributed by atoms with Crippen LogP contribution in [0.1, 0.15) is 24.6 Å². The highest BCUT2D eigenvalue weighted by Gasteiger charge is 2.11. The molecule has 0 atom stereocenters. The van der Waals surface area contributed by atoms with Gasteiger partial charge >= 0.3 is 5.13 Å². The van der Waals surface area contributed by atoms with Crippen LogP contribution in [0.2, 0.25) is 0 Å². The fourth-order valence-corrected chi connectivity index (χ4v) is 1.61. The monoisotopic (exact) mass is 186 g/mol. The highest BCUT2D eigenvalue weighted by atomic mass is 32.1. The average molecular weight is 186 g/mol. The number of thiazole rings is 1. The Morgan fingerprint density at radius 1 is 1.75 bits per heavy atom. The third-order valence-corrected chi connectivity index (χ3v) is 2.48. The van der Waals surface area contributed by atoms with Crippen molar-refractivity contribution in [2.45, 2.75) is 26.2 Å². The van der Waals surface area contributed by atoms with Crippen LogP contribution in [0.4, 0.5) is 5.13 Å². The summed E-state index contributed by atoms with van der Waals surface area (Å²) in [7, 11) is 0. The molecule has 0 aliphatic carbocycles. The van der Waals surface area contributed by atoms with Crippen molar-refractivity contribution in [3.63, 3.8) is 0 Å². The first-order valence-electron chi connectivity index (χ1n) is 3.83. The van der Waals surface area contributed by atoms with Crippen molar-refractivity contribution >= 4 is 16.5 Å². The van der Waals surface area contributed by atoms with E-state index in [1.165, 1.54) is 11.3 Å². The van der Waals surface area contributed by atoms with Gasteiger partial charge in [-0.15, -0.1) is 0 Å². The number of unbranched alkanes of at least 4 members (excludes halogenated alkanes) is 1. The van der Waals surface area contributed by atoms with Crippen LogP contribution in [-0.2, 0) is 6.42 Å². The highest BCUT2D eigenvalue weighted by molar-refractivity contribution is 7.14. The average Bonchev–Trinajstić information content (AvgIpc) is 2.48. The minimum absolute atomic E-state index is 0.00102. The lowest BCUT2D eigenvalue weighted by atomic mass is 10.2. The van der Waals surface area contributed by atoms with Crippen LogP contribution in [0.3, 0.4) is 0 Å². The second-order valence-corrected chi connectivity index (χ2v) is 3.56. The Labute approximate surface area is 74.4 Å². The number of hydrogen-bond acceptors (Lipinski definition) is 4. The van der Waals surface area contributed by atoms with Crippen molar-refractivity contribution in [3.05, 3.63) is 21.2 Å². The Kier molecular flexibility index (Phi) is 3.16. The number of aromatic nitrogens is 1. The zero-order valence-corrected chi connectivity index (χ0v) is 7.63. The molecule has 0 aromatic carbocycles. The van der Waals surface area contributed by atoms with Crippen LogP contribution in [0.25, 0.3) is 0 Å². The summed E-state index contributed by atoms with van der Waals surface area (Å²) in [4.78, 5) is 14.5. The maximum atomic E-state index is 10.2. The normalized spacial score (nSPS) is 10.1.